The highest BCUT2D eigenvalue weighted by molar-refractivity contribution is 8.02. The third-order valence-corrected chi connectivity index (χ3v) is 3.15. The maximum absolute atomic E-state index is 7.01. The molecule has 1 heterocycles. The van der Waals surface area contributed by atoms with Crippen LogP contribution in [0.4, 0.5) is 0 Å². The predicted molar refractivity (Wildman–Crippen MR) is 57.5 cm³/mol. The summed E-state index contributed by atoms with van der Waals surface area (Å²) in [6.07, 6.45) is 0.699. The molecule has 0 atom stereocenters. The Bertz CT molecular complexity index is 191. The van der Waals surface area contributed by atoms with Gasteiger partial charge in [-0.05, 0) is 5.41 Å². The first kappa shape index (κ1) is 9.80. The van der Waals surface area contributed by atoms with Gasteiger partial charge in [-0.1, -0.05) is 0 Å². The van der Waals surface area contributed by atoms with Gasteiger partial charge in [-0.25, -0.2) is 0 Å². The lowest BCUT2D eigenvalue weighted by Crippen LogP contribution is -2.11. The molecule has 3 nitrogen and oxygen atoms in total. The largest absolute Gasteiger partial charge is 0.388 e. The topological polar surface area (TPSA) is 61.9 Å². The van der Waals surface area contributed by atoms with Crippen LogP contribution >= 0.6 is 23.5 Å². The Balaban J connectivity index is 1.98. The second kappa shape index (κ2) is 5.37. The Morgan fingerprint density at radius 3 is 3.25 bits per heavy atom. The molecule has 1 aliphatic rings. The van der Waals surface area contributed by atoms with E-state index < -0.39 is 0 Å². The summed E-state index contributed by atoms with van der Waals surface area (Å²) in [5.41, 5.74) is 6.52. The Morgan fingerprint density at radius 2 is 2.67 bits per heavy atom. The van der Waals surface area contributed by atoms with Gasteiger partial charge in [0, 0.05) is 23.6 Å². The molecular weight excluding hydrogens is 190 g/mol. The van der Waals surface area contributed by atoms with Crippen LogP contribution in [0.2, 0.25) is 0 Å². The first-order valence-corrected chi connectivity index (χ1v) is 5.94. The van der Waals surface area contributed by atoms with Crippen LogP contribution in [0.15, 0.2) is 11.1 Å². The number of hydrogen-bond donors (Lipinski definition) is 3. The molecule has 0 radical (unpaired) electrons. The molecule has 12 heavy (non-hydrogen) atoms. The van der Waals surface area contributed by atoms with E-state index in [1.807, 2.05) is 11.8 Å². The molecule has 0 fully saturated rings. The van der Waals surface area contributed by atoms with Crippen molar-refractivity contribution in [3.8, 4) is 0 Å². The van der Waals surface area contributed by atoms with Crippen molar-refractivity contribution in [2.45, 2.75) is 6.42 Å². The first-order chi connectivity index (χ1) is 5.79. The van der Waals surface area contributed by atoms with E-state index >= 15 is 0 Å². The standard InChI is InChI=1S/C7H13N3S2/c8-7(9)1-2-11-3-6-4-12-5-10-6/h4,10H,1-3,5H2,(H3,8,9). The van der Waals surface area contributed by atoms with Crippen LogP contribution in [0, 0.1) is 5.41 Å². The van der Waals surface area contributed by atoms with Gasteiger partial charge in [0.2, 0.25) is 0 Å². The number of rotatable bonds is 5. The summed E-state index contributed by atoms with van der Waals surface area (Å²) in [6.45, 7) is 0. The van der Waals surface area contributed by atoms with Crippen LogP contribution in [0.5, 0.6) is 0 Å². The number of thioether (sulfide) groups is 2. The van der Waals surface area contributed by atoms with Crippen molar-refractivity contribution in [3.05, 3.63) is 11.1 Å². The molecule has 1 rings (SSSR count). The minimum atomic E-state index is 0.283. The van der Waals surface area contributed by atoms with E-state index in [2.05, 4.69) is 10.7 Å². The number of amidine groups is 1. The highest BCUT2D eigenvalue weighted by Gasteiger charge is 2.02. The van der Waals surface area contributed by atoms with Crippen molar-refractivity contribution in [3.63, 3.8) is 0 Å². The van der Waals surface area contributed by atoms with E-state index in [4.69, 9.17) is 11.1 Å². The van der Waals surface area contributed by atoms with Crippen molar-refractivity contribution in [1.29, 1.82) is 5.41 Å². The maximum Gasteiger partial charge on any atom is 0.0913 e. The summed E-state index contributed by atoms with van der Waals surface area (Å²) in [5.74, 6) is 3.24. The molecule has 1 aliphatic heterocycles. The molecule has 0 aromatic carbocycles. The lowest BCUT2D eigenvalue weighted by atomic mass is 10.5. The molecule has 68 valence electrons. The number of nitrogens with one attached hydrogen (secondary N) is 2. The first-order valence-electron chi connectivity index (χ1n) is 3.74. The molecular formula is C7H13N3S2. The second-order valence-corrected chi connectivity index (χ2v) is 4.42. The molecule has 0 amide bonds. The molecule has 0 bridgehead atoms. The zero-order chi connectivity index (χ0) is 8.81. The van der Waals surface area contributed by atoms with Gasteiger partial charge in [0.1, 0.15) is 0 Å². The average molecular weight is 203 g/mol. The molecule has 4 N–H and O–H groups in total. The smallest absolute Gasteiger partial charge is 0.0913 e. The maximum atomic E-state index is 7.01. The Kier molecular flexibility index (Phi) is 4.39. The van der Waals surface area contributed by atoms with Gasteiger partial charge >= 0.3 is 0 Å². The van der Waals surface area contributed by atoms with Crippen molar-refractivity contribution < 1.29 is 0 Å². The molecule has 0 saturated heterocycles. The van der Waals surface area contributed by atoms with Crippen molar-refractivity contribution in [1.82, 2.24) is 5.32 Å². The third kappa shape index (κ3) is 3.92. The summed E-state index contributed by atoms with van der Waals surface area (Å²) in [7, 11) is 0. The Labute approximate surface area is 81.1 Å². The molecule has 0 aromatic rings. The number of hydrogen-bond acceptors (Lipinski definition) is 4. The van der Waals surface area contributed by atoms with Crippen molar-refractivity contribution in [2.75, 3.05) is 17.4 Å². The quantitative estimate of drug-likeness (QED) is 0.357. The van der Waals surface area contributed by atoms with Gasteiger partial charge in [-0.2, -0.15) is 11.8 Å². The SMILES string of the molecule is N=C(N)CCSCC1=CSCN1. The molecule has 0 unspecified atom stereocenters. The monoisotopic (exact) mass is 203 g/mol. The van der Waals surface area contributed by atoms with E-state index in [9.17, 15) is 0 Å². The normalized spacial score (nSPS) is 15.5. The lowest BCUT2D eigenvalue weighted by Gasteiger charge is -2.02. The van der Waals surface area contributed by atoms with E-state index in [0.29, 0.717) is 6.42 Å². The summed E-state index contributed by atoms with van der Waals surface area (Å²) in [6, 6.07) is 0. The van der Waals surface area contributed by atoms with E-state index in [1.54, 1.807) is 11.8 Å². The van der Waals surface area contributed by atoms with Gasteiger partial charge < -0.3 is 11.1 Å². The van der Waals surface area contributed by atoms with Crippen LogP contribution in [-0.4, -0.2) is 23.2 Å². The van der Waals surface area contributed by atoms with E-state index in [0.717, 1.165) is 17.4 Å². The lowest BCUT2D eigenvalue weighted by molar-refractivity contribution is 0.988. The highest BCUT2D eigenvalue weighted by Crippen LogP contribution is 2.16. The Morgan fingerprint density at radius 1 is 1.83 bits per heavy atom. The summed E-state index contributed by atoms with van der Waals surface area (Å²) >= 11 is 3.61. The van der Waals surface area contributed by atoms with Gasteiger partial charge in [-0.3, -0.25) is 5.41 Å². The van der Waals surface area contributed by atoms with Gasteiger partial charge in [0.25, 0.3) is 0 Å². The van der Waals surface area contributed by atoms with Gasteiger partial charge in [0.15, 0.2) is 0 Å². The van der Waals surface area contributed by atoms with Crippen molar-refractivity contribution in [2.24, 2.45) is 5.73 Å². The van der Waals surface area contributed by atoms with Crippen LogP contribution in [0.3, 0.4) is 0 Å². The number of nitrogens with two attached hydrogens (primary N) is 1. The zero-order valence-corrected chi connectivity index (χ0v) is 8.43. The summed E-state index contributed by atoms with van der Waals surface area (Å²) < 4.78 is 0. The molecule has 0 spiro atoms. The molecule has 0 aromatic heterocycles. The van der Waals surface area contributed by atoms with Crippen LogP contribution in [-0.2, 0) is 0 Å². The molecule has 0 saturated carbocycles. The Hall–Kier alpha value is -0.290. The third-order valence-electron chi connectivity index (χ3n) is 1.38. The summed E-state index contributed by atoms with van der Waals surface area (Å²) in [5, 5.41) is 12.4. The molecule has 0 aliphatic carbocycles. The average Bonchev–Trinajstić information content (AvgIpc) is 2.49. The van der Waals surface area contributed by atoms with E-state index in [-0.39, 0.29) is 5.84 Å². The minimum absolute atomic E-state index is 0.283. The predicted octanol–water partition coefficient (Wildman–Crippen LogP) is 1.18. The fraction of sp³-hybridized carbons (Fsp3) is 0.571. The highest BCUT2D eigenvalue weighted by atomic mass is 32.2. The van der Waals surface area contributed by atoms with Crippen LogP contribution < -0.4 is 11.1 Å². The second-order valence-electron chi connectivity index (χ2n) is 2.46. The van der Waals surface area contributed by atoms with Gasteiger partial charge in [-0.15, -0.1) is 11.8 Å². The van der Waals surface area contributed by atoms with Crippen molar-refractivity contribution >= 4 is 29.4 Å². The van der Waals surface area contributed by atoms with Crippen LogP contribution in [0.1, 0.15) is 6.42 Å². The molecule has 5 heteroatoms. The van der Waals surface area contributed by atoms with Crippen LogP contribution in [0.25, 0.3) is 0 Å². The fourth-order valence-corrected chi connectivity index (χ4v) is 2.51. The minimum Gasteiger partial charge on any atom is -0.388 e. The van der Waals surface area contributed by atoms with E-state index in [1.165, 1.54) is 5.70 Å². The van der Waals surface area contributed by atoms with Gasteiger partial charge in [0.05, 0.1) is 11.7 Å². The zero-order valence-electron chi connectivity index (χ0n) is 6.80. The summed E-state index contributed by atoms with van der Waals surface area (Å²) in [4.78, 5) is 0. The fourth-order valence-electron chi connectivity index (χ4n) is 0.768.